The second kappa shape index (κ2) is 8.06. The SMILES string of the molecule is CCCCSc1nc(O)c([C@H]2[NH2+]CCc3ccccc32)c(=O)n1CC. The van der Waals surface area contributed by atoms with Gasteiger partial charge in [-0.15, -0.1) is 0 Å². The summed E-state index contributed by atoms with van der Waals surface area (Å²) >= 11 is 1.55. The minimum atomic E-state index is -0.183. The van der Waals surface area contributed by atoms with Crippen molar-refractivity contribution < 1.29 is 10.4 Å². The highest BCUT2D eigenvalue weighted by atomic mass is 32.2. The quantitative estimate of drug-likeness (QED) is 0.470. The summed E-state index contributed by atoms with van der Waals surface area (Å²) in [6, 6.07) is 7.99. The Balaban J connectivity index is 2.05. The van der Waals surface area contributed by atoms with Crippen molar-refractivity contribution >= 4 is 11.8 Å². The van der Waals surface area contributed by atoms with E-state index in [0.29, 0.717) is 17.3 Å². The van der Waals surface area contributed by atoms with Gasteiger partial charge in [-0.25, -0.2) is 0 Å². The first-order valence-corrected chi connectivity index (χ1v) is 10.0. The van der Waals surface area contributed by atoms with E-state index in [0.717, 1.165) is 37.1 Å². The molecule has 1 aromatic carbocycles. The van der Waals surface area contributed by atoms with Crippen molar-refractivity contribution in [3.63, 3.8) is 0 Å². The molecule has 3 rings (SSSR count). The first-order valence-electron chi connectivity index (χ1n) is 9.05. The second-order valence-electron chi connectivity index (χ2n) is 6.33. The Kier molecular flexibility index (Phi) is 5.81. The molecule has 0 bridgehead atoms. The van der Waals surface area contributed by atoms with E-state index >= 15 is 0 Å². The number of hydrogen-bond acceptors (Lipinski definition) is 4. The van der Waals surface area contributed by atoms with Crippen molar-refractivity contribution in [2.45, 2.75) is 50.9 Å². The highest BCUT2D eigenvalue weighted by Gasteiger charge is 2.31. The molecule has 2 aromatic rings. The fraction of sp³-hybridized carbons (Fsp3) is 0.474. The maximum absolute atomic E-state index is 13.1. The molecule has 25 heavy (non-hydrogen) atoms. The lowest BCUT2D eigenvalue weighted by atomic mass is 9.91. The number of nitrogens with zero attached hydrogens (tertiary/aromatic N) is 2. The van der Waals surface area contributed by atoms with Crippen molar-refractivity contribution in [3.05, 3.63) is 51.3 Å². The van der Waals surface area contributed by atoms with E-state index in [4.69, 9.17) is 0 Å². The third kappa shape index (κ3) is 3.60. The fourth-order valence-electron chi connectivity index (χ4n) is 3.38. The molecule has 0 amide bonds. The van der Waals surface area contributed by atoms with Crippen LogP contribution in [0.3, 0.4) is 0 Å². The number of hydrogen-bond donors (Lipinski definition) is 2. The summed E-state index contributed by atoms with van der Waals surface area (Å²) in [5.74, 6) is 0.784. The lowest BCUT2D eigenvalue weighted by Gasteiger charge is -2.24. The Morgan fingerprint density at radius 1 is 1.36 bits per heavy atom. The summed E-state index contributed by atoms with van der Waals surface area (Å²) < 4.78 is 1.69. The second-order valence-corrected chi connectivity index (χ2v) is 7.40. The standard InChI is InChI=1S/C19H25N3O2S/c1-3-5-12-25-19-21-17(23)15(18(24)22(19)4-2)16-14-9-7-6-8-13(14)10-11-20-16/h6-9,16,20,23H,3-5,10-12H2,1-2H3/p+1/t16-/m0/s1. The van der Waals surface area contributed by atoms with Crippen LogP contribution in [-0.2, 0) is 13.0 Å². The van der Waals surface area contributed by atoms with Crippen LogP contribution in [-0.4, -0.2) is 27.0 Å². The predicted molar refractivity (Wildman–Crippen MR) is 100 cm³/mol. The molecule has 0 radical (unpaired) electrons. The molecule has 0 aliphatic carbocycles. The molecule has 1 aliphatic rings. The molecule has 0 saturated carbocycles. The summed E-state index contributed by atoms with van der Waals surface area (Å²) in [6.07, 6.45) is 3.14. The van der Waals surface area contributed by atoms with Gasteiger partial charge < -0.3 is 10.4 Å². The number of unbranched alkanes of at least 4 members (excludes halogenated alkanes) is 1. The molecule has 1 aromatic heterocycles. The molecule has 0 spiro atoms. The molecule has 5 nitrogen and oxygen atoms in total. The summed E-state index contributed by atoms with van der Waals surface area (Å²) in [6.45, 7) is 5.55. The molecule has 1 atom stereocenters. The van der Waals surface area contributed by atoms with Gasteiger partial charge in [-0.05, 0) is 18.9 Å². The topological polar surface area (TPSA) is 71.7 Å². The van der Waals surface area contributed by atoms with Gasteiger partial charge in [0.2, 0.25) is 5.88 Å². The van der Waals surface area contributed by atoms with Crippen LogP contribution in [0.15, 0.2) is 34.2 Å². The van der Waals surface area contributed by atoms with Gasteiger partial charge in [0.25, 0.3) is 5.56 Å². The molecule has 6 heteroatoms. The minimum absolute atomic E-state index is 0.119. The maximum atomic E-state index is 13.1. The number of quaternary nitrogens is 1. The smallest absolute Gasteiger partial charge is 0.267 e. The van der Waals surface area contributed by atoms with Crippen LogP contribution in [0.4, 0.5) is 0 Å². The van der Waals surface area contributed by atoms with E-state index in [-0.39, 0.29) is 17.5 Å². The van der Waals surface area contributed by atoms with E-state index in [1.54, 1.807) is 16.3 Å². The molecule has 0 fully saturated rings. The summed E-state index contributed by atoms with van der Waals surface area (Å²) in [5.41, 5.74) is 2.65. The molecule has 134 valence electrons. The number of rotatable bonds is 6. The first-order chi connectivity index (χ1) is 12.2. The molecule has 0 saturated heterocycles. The van der Waals surface area contributed by atoms with Crippen LogP contribution in [0.25, 0.3) is 0 Å². The Hall–Kier alpha value is -1.79. The average Bonchev–Trinajstić information content (AvgIpc) is 2.62. The van der Waals surface area contributed by atoms with Gasteiger partial charge in [0, 0.05) is 24.3 Å². The van der Waals surface area contributed by atoms with E-state index in [2.05, 4.69) is 29.4 Å². The Morgan fingerprint density at radius 2 is 2.16 bits per heavy atom. The number of fused-ring (bicyclic) bond motifs is 1. The van der Waals surface area contributed by atoms with Crippen molar-refractivity contribution in [2.75, 3.05) is 12.3 Å². The Labute approximate surface area is 152 Å². The summed E-state index contributed by atoms with van der Waals surface area (Å²) in [7, 11) is 0. The van der Waals surface area contributed by atoms with Crippen molar-refractivity contribution in [1.29, 1.82) is 0 Å². The van der Waals surface area contributed by atoms with Crippen LogP contribution in [0.5, 0.6) is 5.88 Å². The fourth-order valence-corrected chi connectivity index (χ4v) is 4.51. The lowest BCUT2D eigenvalue weighted by molar-refractivity contribution is -0.690. The van der Waals surface area contributed by atoms with Crippen molar-refractivity contribution in [3.8, 4) is 5.88 Å². The molecular formula is C19H26N3O2S+. The van der Waals surface area contributed by atoms with Crippen LogP contribution in [0.2, 0.25) is 0 Å². The highest BCUT2D eigenvalue weighted by molar-refractivity contribution is 7.99. The molecule has 1 aliphatic heterocycles. The van der Waals surface area contributed by atoms with Gasteiger partial charge in [-0.2, -0.15) is 4.98 Å². The van der Waals surface area contributed by atoms with Gasteiger partial charge in [0.1, 0.15) is 11.6 Å². The number of nitrogens with two attached hydrogens (primary N) is 1. The first kappa shape index (κ1) is 18.0. The van der Waals surface area contributed by atoms with Crippen LogP contribution < -0.4 is 10.9 Å². The van der Waals surface area contributed by atoms with Gasteiger partial charge >= 0.3 is 0 Å². The zero-order valence-electron chi connectivity index (χ0n) is 14.9. The number of thioether (sulfide) groups is 1. The Morgan fingerprint density at radius 3 is 2.92 bits per heavy atom. The van der Waals surface area contributed by atoms with Gasteiger partial charge in [0.05, 0.1) is 6.54 Å². The van der Waals surface area contributed by atoms with E-state index in [1.807, 2.05) is 19.1 Å². The zero-order chi connectivity index (χ0) is 17.8. The third-order valence-electron chi connectivity index (χ3n) is 4.71. The predicted octanol–water partition coefficient (Wildman–Crippen LogP) is 2.07. The van der Waals surface area contributed by atoms with E-state index in [1.165, 1.54) is 5.56 Å². The summed E-state index contributed by atoms with van der Waals surface area (Å²) in [4.78, 5) is 17.5. The number of benzene rings is 1. The van der Waals surface area contributed by atoms with Crippen LogP contribution >= 0.6 is 11.8 Å². The lowest BCUT2D eigenvalue weighted by Crippen LogP contribution is -2.87. The average molecular weight is 361 g/mol. The van der Waals surface area contributed by atoms with Crippen LogP contribution in [0.1, 0.15) is 49.4 Å². The zero-order valence-corrected chi connectivity index (χ0v) is 15.7. The number of aromatic nitrogens is 2. The van der Waals surface area contributed by atoms with E-state index < -0.39 is 0 Å². The van der Waals surface area contributed by atoms with Gasteiger partial charge in [-0.3, -0.25) is 9.36 Å². The third-order valence-corrected chi connectivity index (χ3v) is 5.77. The number of aromatic hydroxyl groups is 1. The van der Waals surface area contributed by atoms with Crippen molar-refractivity contribution in [2.24, 2.45) is 0 Å². The Bertz CT molecular complexity index is 804. The normalized spacial score (nSPS) is 16.6. The van der Waals surface area contributed by atoms with E-state index in [9.17, 15) is 9.90 Å². The maximum Gasteiger partial charge on any atom is 0.267 e. The van der Waals surface area contributed by atoms with Crippen molar-refractivity contribution in [1.82, 2.24) is 9.55 Å². The molecular weight excluding hydrogens is 334 g/mol. The van der Waals surface area contributed by atoms with Crippen LogP contribution in [0, 0.1) is 0 Å². The molecule has 0 unspecified atom stereocenters. The highest BCUT2D eigenvalue weighted by Crippen LogP contribution is 2.28. The minimum Gasteiger partial charge on any atom is -0.493 e. The molecule has 3 N–H and O–H groups in total. The largest absolute Gasteiger partial charge is 0.493 e. The van der Waals surface area contributed by atoms with Gasteiger partial charge in [0.15, 0.2) is 5.16 Å². The van der Waals surface area contributed by atoms with Gasteiger partial charge in [-0.1, -0.05) is 49.4 Å². The summed E-state index contributed by atoms with van der Waals surface area (Å²) in [5, 5.41) is 13.3. The molecule has 2 heterocycles. The monoisotopic (exact) mass is 360 g/mol.